The van der Waals surface area contributed by atoms with Crippen LogP contribution in [0.5, 0.6) is 0 Å². The predicted molar refractivity (Wildman–Crippen MR) is 243 cm³/mol. The fourth-order valence-electron chi connectivity index (χ4n) is 10.4. The molecule has 0 fully saturated rings. The summed E-state index contributed by atoms with van der Waals surface area (Å²) in [5.41, 5.74) is 13.1. The summed E-state index contributed by atoms with van der Waals surface area (Å²) in [6, 6.07) is 56.7. The van der Waals surface area contributed by atoms with Gasteiger partial charge in [-0.2, -0.15) is 0 Å². The number of fused-ring (bicyclic) bond motifs is 14. The summed E-state index contributed by atoms with van der Waals surface area (Å²) in [6.45, 7) is 15.4. The SMILES string of the molecule is CC(C)(C)[PH+]1Cc2ccc3ccccc3c2-c2c(ccc3ccccc23)C1[C@H]1c2ccc3ccccc3c2-c2c(ccc3ccccc23)C[PH+]1C(C)(C)C.[Pd+2]. The van der Waals surface area contributed by atoms with E-state index in [1.54, 1.807) is 22.3 Å². The molecule has 274 valence electrons. The van der Waals surface area contributed by atoms with Crippen LogP contribution in [0.3, 0.4) is 0 Å². The predicted octanol–water partition coefficient (Wildman–Crippen LogP) is 15.5. The molecule has 0 aromatic heterocycles. The van der Waals surface area contributed by atoms with Gasteiger partial charge in [0.05, 0.1) is 22.6 Å². The van der Waals surface area contributed by atoms with Crippen molar-refractivity contribution in [3.8, 4) is 22.3 Å². The zero-order valence-corrected chi connectivity index (χ0v) is 36.3. The molecule has 8 aromatic carbocycles. The first kappa shape index (κ1) is 36.9. The largest absolute Gasteiger partial charge is 2.00 e. The van der Waals surface area contributed by atoms with Gasteiger partial charge in [-0.05, 0) is 118 Å². The molecule has 0 N–H and O–H groups in total. The molecular formula is C52H50P2Pd+4. The van der Waals surface area contributed by atoms with Crippen LogP contribution in [0.15, 0.2) is 146 Å². The third-order valence-corrected chi connectivity index (χ3v) is 21.4. The van der Waals surface area contributed by atoms with E-state index in [2.05, 4.69) is 187 Å². The Hall–Kier alpha value is -3.68. The minimum atomic E-state index is -1.10. The van der Waals surface area contributed by atoms with Gasteiger partial charge in [0.15, 0.2) is 0 Å². The van der Waals surface area contributed by atoms with Crippen molar-refractivity contribution in [1.29, 1.82) is 0 Å². The quantitative estimate of drug-likeness (QED) is 0.114. The van der Waals surface area contributed by atoms with Gasteiger partial charge >= 0.3 is 20.4 Å². The first-order valence-corrected chi connectivity index (χ1v) is 23.4. The van der Waals surface area contributed by atoms with E-state index >= 15 is 0 Å². The van der Waals surface area contributed by atoms with Gasteiger partial charge in [-0.1, -0.05) is 146 Å². The van der Waals surface area contributed by atoms with Crippen molar-refractivity contribution in [1.82, 2.24) is 0 Å². The van der Waals surface area contributed by atoms with E-state index < -0.39 is 15.8 Å². The van der Waals surface area contributed by atoms with E-state index in [4.69, 9.17) is 0 Å². The summed E-state index contributed by atoms with van der Waals surface area (Å²) >= 11 is 0. The molecule has 3 heteroatoms. The average molecular weight is 843 g/mol. The van der Waals surface area contributed by atoms with E-state index in [0.717, 1.165) is 12.3 Å². The Balaban J connectivity index is 0.00000397. The van der Waals surface area contributed by atoms with Gasteiger partial charge in [0, 0.05) is 27.0 Å². The summed E-state index contributed by atoms with van der Waals surface area (Å²) in [6.07, 6.45) is 2.33. The Labute approximate surface area is 342 Å². The van der Waals surface area contributed by atoms with Crippen LogP contribution in [0, 0.1) is 0 Å². The van der Waals surface area contributed by atoms with Crippen LogP contribution >= 0.6 is 15.8 Å². The van der Waals surface area contributed by atoms with Crippen LogP contribution in [-0.4, -0.2) is 10.3 Å². The first-order chi connectivity index (χ1) is 26.1. The van der Waals surface area contributed by atoms with Crippen LogP contribution in [0.1, 0.15) is 75.1 Å². The number of hydrogen-bond donors (Lipinski definition) is 0. The molecule has 8 aromatic rings. The normalized spacial score (nSPS) is 19.5. The van der Waals surface area contributed by atoms with Crippen molar-refractivity contribution in [3.05, 3.63) is 168 Å². The summed E-state index contributed by atoms with van der Waals surface area (Å²) < 4.78 is 0. The Bertz CT molecular complexity index is 2590. The molecule has 3 unspecified atom stereocenters. The first-order valence-electron chi connectivity index (χ1n) is 19.9. The molecule has 0 saturated heterocycles. The van der Waals surface area contributed by atoms with Gasteiger partial charge in [-0.15, -0.1) is 0 Å². The van der Waals surface area contributed by atoms with Crippen molar-refractivity contribution in [2.75, 3.05) is 0 Å². The van der Waals surface area contributed by atoms with Crippen molar-refractivity contribution >= 4 is 58.9 Å². The van der Waals surface area contributed by atoms with Crippen molar-refractivity contribution in [3.63, 3.8) is 0 Å². The van der Waals surface area contributed by atoms with Crippen LogP contribution < -0.4 is 0 Å². The molecule has 2 aliphatic heterocycles. The Morgan fingerprint density at radius 3 is 0.982 bits per heavy atom. The smallest absolute Gasteiger partial charge is 0.0616 e. The maximum atomic E-state index is 2.60. The van der Waals surface area contributed by atoms with Gasteiger partial charge in [0.2, 0.25) is 0 Å². The maximum Gasteiger partial charge on any atom is 2.00 e. The molecule has 10 rings (SSSR count). The second-order valence-electron chi connectivity index (χ2n) is 18.0. The molecule has 0 radical (unpaired) electrons. The zero-order valence-electron chi connectivity index (χ0n) is 32.7. The summed E-state index contributed by atoms with van der Waals surface area (Å²) in [4.78, 5) is 0. The Kier molecular flexibility index (Phi) is 9.24. The average Bonchev–Trinajstić information content (AvgIpc) is 3.43. The third kappa shape index (κ3) is 5.97. The molecular weight excluding hydrogens is 793 g/mol. The fourth-order valence-corrected chi connectivity index (χ4v) is 18.8. The molecule has 0 amide bonds. The summed E-state index contributed by atoms with van der Waals surface area (Å²) in [5, 5.41) is 11.3. The number of hydrogen-bond acceptors (Lipinski definition) is 0. The van der Waals surface area contributed by atoms with E-state index in [1.165, 1.54) is 65.3 Å². The molecule has 2 aliphatic rings. The Morgan fingerprint density at radius 1 is 0.364 bits per heavy atom. The summed E-state index contributed by atoms with van der Waals surface area (Å²) in [5.74, 6) is 0. The molecule has 55 heavy (non-hydrogen) atoms. The van der Waals surface area contributed by atoms with Crippen LogP contribution in [0.4, 0.5) is 0 Å². The molecule has 4 atom stereocenters. The standard InChI is InChI=1S/C52H48P2.Pd/c1-51(2,3)53-31-37-25-23-33-15-7-11-19-39(33)45(37)47-41-21-13-9-17-35(41)27-29-43(47)49(53)50-44-30-28-36-18-10-14-22-42(36)48(44)46-38(32-54(50)52(4,5)6)26-24-34-16-8-12-20-40(34)46;/h7-30,49-50H,31-32H2,1-6H3;/q;+2/p+2/t49-,50?,53?,54?;/m1./s1. The van der Waals surface area contributed by atoms with E-state index in [1.807, 2.05) is 0 Å². The minimum absolute atomic E-state index is 0. The molecule has 0 saturated carbocycles. The molecule has 0 spiro atoms. The van der Waals surface area contributed by atoms with Gasteiger partial charge in [0.25, 0.3) is 0 Å². The fraction of sp³-hybridized carbons (Fsp3) is 0.231. The van der Waals surface area contributed by atoms with E-state index in [0.29, 0.717) is 11.3 Å². The van der Waals surface area contributed by atoms with E-state index in [-0.39, 0.29) is 30.7 Å². The second-order valence-corrected chi connectivity index (χ2v) is 25.1. The molecule has 2 heterocycles. The monoisotopic (exact) mass is 842 g/mol. The molecule has 0 aliphatic carbocycles. The van der Waals surface area contributed by atoms with Gasteiger partial charge < -0.3 is 0 Å². The maximum absolute atomic E-state index is 2.60. The van der Waals surface area contributed by atoms with Gasteiger partial charge in [-0.3, -0.25) is 0 Å². The van der Waals surface area contributed by atoms with Crippen molar-refractivity contribution in [2.24, 2.45) is 0 Å². The van der Waals surface area contributed by atoms with Crippen molar-refractivity contribution < 1.29 is 20.4 Å². The zero-order chi connectivity index (χ0) is 36.9. The molecule has 0 bridgehead atoms. The minimum Gasteiger partial charge on any atom is -0.0616 e. The topological polar surface area (TPSA) is 0 Å². The second kappa shape index (κ2) is 13.8. The van der Waals surface area contributed by atoms with Crippen LogP contribution in [0.25, 0.3) is 65.3 Å². The Morgan fingerprint density at radius 2 is 0.655 bits per heavy atom. The van der Waals surface area contributed by atoms with Gasteiger partial charge in [0.1, 0.15) is 11.3 Å². The van der Waals surface area contributed by atoms with Crippen LogP contribution in [-0.2, 0) is 32.7 Å². The third-order valence-electron chi connectivity index (χ3n) is 12.9. The van der Waals surface area contributed by atoms with Gasteiger partial charge in [-0.25, -0.2) is 0 Å². The van der Waals surface area contributed by atoms with Crippen LogP contribution in [0.2, 0.25) is 0 Å². The number of rotatable bonds is 1. The van der Waals surface area contributed by atoms with E-state index in [9.17, 15) is 0 Å². The molecule has 0 nitrogen and oxygen atoms in total. The number of benzene rings is 8. The van der Waals surface area contributed by atoms with Crippen molar-refractivity contribution in [2.45, 2.75) is 75.5 Å². The summed E-state index contributed by atoms with van der Waals surface area (Å²) in [7, 11) is -2.20.